The number of nitrogen functional groups attached to an aromatic ring is 1. The molecule has 0 radical (unpaired) electrons. The van der Waals surface area contributed by atoms with Crippen molar-refractivity contribution in [2.24, 2.45) is 0 Å². The van der Waals surface area contributed by atoms with Gasteiger partial charge in [0, 0.05) is 11.6 Å². The first kappa shape index (κ1) is 24.3. The third kappa shape index (κ3) is 6.85. The van der Waals surface area contributed by atoms with Crippen LogP contribution in [0.5, 0.6) is 5.75 Å². The molecule has 0 saturated carbocycles. The van der Waals surface area contributed by atoms with Crippen LogP contribution in [0.1, 0.15) is 30.5 Å². The highest BCUT2D eigenvalue weighted by Crippen LogP contribution is 2.29. The molecule has 0 saturated heterocycles. The average Bonchev–Trinajstić information content (AvgIpc) is 3.22. The van der Waals surface area contributed by atoms with E-state index in [4.69, 9.17) is 5.73 Å². The minimum absolute atomic E-state index is 0.0995. The summed E-state index contributed by atoms with van der Waals surface area (Å²) in [6.45, 7) is 0. The third-order valence-corrected chi connectivity index (χ3v) is 5.80. The molecule has 9 nitrogen and oxygen atoms in total. The SMILES string of the molecule is Nc1ccc(C2=CCC(Nc3nnc(NC(=O)Cc4cc(OC(F)(F)F)ccc4F)s3)CC2)nn1. The zero-order valence-corrected chi connectivity index (χ0v) is 18.8. The second-order valence-electron chi connectivity index (χ2n) is 7.63. The third-order valence-electron chi connectivity index (χ3n) is 5.03. The highest BCUT2D eigenvalue weighted by Gasteiger charge is 2.31. The molecule has 14 heteroatoms. The van der Waals surface area contributed by atoms with Crippen molar-refractivity contribution in [2.75, 3.05) is 16.4 Å². The molecule has 0 spiro atoms. The van der Waals surface area contributed by atoms with Crippen molar-refractivity contribution in [3.63, 3.8) is 0 Å². The second-order valence-corrected chi connectivity index (χ2v) is 8.60. The number of alkyl halides is 3. The molecule has 1 amide bonds. The number of ether oxygens (including phenoxy) is 1. The maximum Gasteiger partial charge on any atom is 0.573 e. The van der Waals surface area contributed by atoms with Crippen molar-refractivity contribution < 1.29 is 27.1 Å². The molecular formula is C21H19F4N7O2S. The smallest absolute Gasteiger partial charge is 0.406 e. The topological polar surface area (TPSA) is 128 Å². The van der Waals surface area contributed by atoms with Crippen LogP contribution in [0.15, 0.2) is 36.4 Å². The van der Waals surface area contributed by atoms with Crippen LogP contribution in [0.4, 0.5) is 33.6 Å². The maximum atomic E-state index is 14.0. The minimum Gasteiger partial charge on any atom is -0.406 e. The van der Waals surface area contributed by atoms with E-state index in [1.807, 2.05) is 6.07 Å². The van der Waals surface area contributed by atoms with Crippen molar-refractivity contribution in [1.29, 1.82) is 0 Å². The van der Waals surface area contributed by atoms with Crippen molar-refractivity contribution in [2.45, 2.75) is 38.1 Å². The Morgan fingerprint density at radius 1 is 1.14 bits per heavy atom. The first-order valence-electron chi connectivity index (χ1n) is 10.4. The van der Waals surface area contributed by atoms with Crippen molar-refractivity contribution >= 4 is 38.9 Å². The van der Waals surface area contributed by atoms with E-state index in [0.29, 0.717) is 10.9 Å². The number of nitrogens with two attached hydrogens (primary N) is 1. The molecule has 3 aromatic rings. The van der Waals surface area contributed by atoms with Crippen LogP contribution in [0, 0.1) is 5.82 Å². The Bertz CT molecular complexity index is 1230. The molecule has 4 rings (SSSR count). The van der Waals surface area contributed by atoms with E-state index in [1.165, 1.54) is 0 Å². The lowest BCUT2D eigenvalue weighted by atomic mass is 9.93. The number of hydrogen-bond donors (Lipinski definition) is 3. The Labute approximate surface area is 200 Å². The van der Waals surface area contributed by atoms with E-state index < -0.39 is 30.3 Å². The number of anilines is 3. The average molecular weight is 509 g/mol. The summed E-state index contributed by atoms with van der Waals surface area (Å²) in [4.78, 5) is 12.3. The molecule has 1 unspecified atom stereocenters. The van der Waals surface area contributed by atoms with Gasteiger partial charge in [0.05, 0.1) is 12.1 Å². The van der Waals surface area contributed by atoms with Gasteiger partial charge in [-0.25, -0.2) is 4.39 Å². The van der Waals surface area contributed by atoms with Crippen LogP contribution in [-0.4, -0.2) is 38.7 Å². The van der Waals surface area contributed by atoms with E-state index in [0.717, 1.165) is 60.1 Å². The van der Waals surface area contributed by atoms with Crippen LogP contribution >= 0.6 is 11.3 Å². The molecule has 1 aliphatic rings. The number of aromatic nitrogens is 4. The molecule has 0 bridgehead atoms. The van der Waals surface area contributed by atoms with Gasteiger partial charge >= 0.3 is 6.36 Å². The number of benzene rings is 1. The lowest BCUT2D eigenvalue weighted by Gasteiger charge is -2.22. The van der Waals surface area contributed by atoms with E-state index in [1.54, 1.807) is 6.07 Å². The molecule has 0 fully saturated rings. The fourth-order valence-corrected chi connectivity index (χ4v) is 4.18. The fourth-order valence-electron chi connectivity index (χ4n) is 3.44. The quantitative estimate of drug-likeness (QED) is 0.405. The van der Waals surface area contributed by atoms with Gasteiger partial charge in [-0.15, -0.1) is 33.6 Å². The number of nitrogens with zero attached hydrogens (tertiary/aromatic N) is 4. The fraction of sp³-hybridized carbons (Fsp3) is 0.286. The molecule has 184 valence electrons. The summed E-state index contributed by atoms with van der Waals surface area (Å²) in [5, 5.41) is 22.2. The summed E-state index contributed by atoms with van der Waals surface area (Å²) >= 11 is 1.09. The summed E-state index contributed by atoms with van der Waals surface area (Å²) in [6, 6.07) is 6.09. The number of nitrogens with one attached hydrogen (secondary N) is 2. The summed E-state index contributed by atoms with van der Waals surface area (Å²) < 4.78 is 54.8. The maximum absolute atomic E-state index is 14.0. The van der Waals surface area contributed by atoms with Crippen molar-refractivity contribution in [3.8, 4) is 5.75 Å². The Morgan fingerprint density at radius 2 is 1.94 bits per heavy atom. The summed E-state index contributed by atoms with van der Waals surface area (Å²) in [5.74, 6) is -1.75. The first-order chi connectivity index (χ1) is 16.6. The van der Waals surface area contributed by atoms with Gasteiger partial charge in [-0.2, -0.15) is 0 Å². The minimum atomic E-state index is -4.92. The highest BCUT2D eigenvalue weighted by atomic mass is 32.1. The van der Waals surface area contributed by atoms with Gasteiger partial charge in [-0.3, -0.25) is 4.79 Å². The summed E-state index contributed by atoms with van der Waals surface area (Å²) in [5.41, 5.74) is 7.18. The number of amides is 1. The Hall–Kier alpha value is -3.81. The molecule has 2 aromatic heterocycles. The summed E-state index contributed by atoms with van der Waals surface area (Å²) in [7, 11) is 0. The number of allylic oxidation sites excluding steroid dienone is 1. The molecule has 1 aromatic carbocycles. The number of carbonyl (C=O) groups excluding carboxylic acids is 1. The lowest BCUT2D eigenvalue weighted by Crippen LogP contribution is -2.21. The number of hydrogen-bond acceptors (Lipinski definition) is 9. The van der Waals surface area contributed by atoms with Gasteiger partial charge in [-0.05, 0) is 55.2 Å². The van der Waals surface area contributed by atoms with Gasteiger partial charge in [-0.1, -0.05) is 17.4 Å². The zero-order chi connectivity index (χ0) is 25.0. The van der Waals surface area contributed by atoms with Gasteiger partial charge in [0.15, 0.2) is 0 Å². The molecular weight excluding hydrogens is 490 g/mol. The van der Waals surface area contributed by atoms with Crippen LogP contribution in [0.25, 0.3) is 5.57 Å². The standard InChI is InChI=1S/C21H19F4N7O2S/c22-15-6-5-14(34-21(23,24)25)9-12(15)10-18(33)28-20-32-31-19(35-20)27-13-3-1-11(2-4-13)16-7-8-17(26)30-29-16/h1,5-9,13H,2-4,10H2,(H2,26,30)(H,27,31)(H,28,32,33). The van der Waals surface area contributed by atoms with Gasteiger partial charge in [0.25, 0.3) is 0 Å². The Balaban J connectivity index is 1.30. The van der Waals surface area contributed by atoms with Crippen molar-refractivity contribution in [3.05, 3.63) is 53.5 Å². The van der Waals surface area contributed by atoms with E-state index >= 15 is 0 Å². The van der Waals surface area contributed by atoms with E-state index in [-0.39, 0.29) is 16.7 Å². The molecule has 1 aliphatic carbocycles. The van der Waals surface area contributed by atoms with Crippen LogP contribution in [-0.2, 0) is 11.2 Å². The number of rotatable bonds is 7. The normalized spacial score (nSPS) is 15.9. The monoisotopic (exact) mass is 509 g/mol. The molecule has 35 heavy (non-hydrogen) atoms. The first-order valence-corrected chi connectivity index (χ1v) is 11.2. The van der Waals surface area contributed by atoms with Crippen molar-refractivity contribution in [1.82, 2.24) is 20.4 Å². The Kier molecular flexibility index (Phi) is 7.10. The van der Waals surface area contributed by atoms with Gasteiger partial charge < -0.3 is 21.1 Å². The van der Waals surface area contributed by atoms with Crippen LogP contribution in [0.3, 0.4) is 0 Å². The van der Waals surface area contributed by atoms with Gasteiger partial charge in [0.1, 0.15) is 17.4 Å². The second kappa shape index (κ2) is 10.2. The van der Waals surface area contributed by atoms with Crippen LogP contribution in [0.2, 0.25) is 0 Å². The van der Waals surface area contributed by atoms with Gasteiger partial charge in [0.2, 0.25) is 16.2 Å². The largest absolute Gasteiger partial charge is 0.573 e. The predicted octanol–water partition coefficient (Wildman–Crippen LogP) is 4.18. The molecule has 2 heterocycles. The highest BCUT2D eigenvalue weighted by molar-refractivity contribution is 7.19. The summed E-state index contributed by atoms with van der Waals surface area (Å²) in [6.07, 6.45) is -1.05. The van der Waals surface area contributed by atoms with E-state index in [9.17, 15) is 22.4 Å². The molecule has 1 atom stereocenters. The van der Waals surface area contributed by atoms with Crippen LogP contribution < -0.4 is 21.1 Å². The molecule has 4 N–H and O–H groups in total. The predicted molar refractivity (Wildman–Crippen MR) is 121 cm³/mol. The lowest BCUT2D eigenvalue weighted by molar-refractivity contribution is -0.274. The zero-order valence-electron chi connectivity index (χ0n) is 18.0. The number of halogens is 4. The molecule has 0 aliphatic heterocycles. The Morgan fingerprint density at radius 3 is 2.63 bits per heavy atom. The van der Waals surface area contributed by atoms with E-state index in [2.05, 4.69) is 41.8 Å². The number of carbonyl (C=O) groups is 1.